The van der Waals surface area contributed by atoms with Crippen LogP contribution in [0.5, 0.6) is 11.5 Å². The molecule has 3 aromatic carbocycles. The summed E-state index contributed by atoms with van der Waals surface area (Å²) in [6, 6.07) is 19.5. The number of para-hydroxylation sites is 1. The average molecular weight is 510 g/mol. The maximum absolute atomic E-state index is 12.9. The summed E-state index contributed by atoms with van der Waals surface area (Å²) in [5.74, 6) is -1.21. The fourth-order valence-electron chi connectivity index (χ4n) is 2.82. The zero-order chi connectivity index (χ0) is 26.8. The summed E-state index contributed by atoms with van der Waals surface area (Å²) in [5, 5.41) is 11.6. The fraction of sp³-hybridized carbons (Fsp3) is 0.0400. The summed E-state index contributed by atoms with van der Waals surface area (Å²) in [6.07, 6.45) is -2.40. The van der Waals surface area contributed by atoms with E-state index < -0.39 is 35.5 Å². The Morgan fingerprint density at radius 1 is 0.838 bits per heavy atom. The van der Waals surface area contributed by atoms with Crippen LogP contribution in [0.3, 0.4) is 0 Å². The van der Waals surface area contributed by atoms with Gasteiger partial charge in [-0.25, -0.2) is 0 Å². The van der Waals surface area contributed by atoms with E-state index in [1.165, 1.54) is 24.3 Å². The van der Waals surface area contributed by atoms with E-state index >= 15 is 0 Å². The normalized spacial score (nSPS) is 11.6. The second-order valence-electron chi connectivity index (χ2n) is 7.31. The molecule has 9 nitrogen and oxygen atoms in total. The van der Waals surface area contributed by atoms with Crippen molar-refractivity contribution in [3.05, 3.63) is 102 Å². The number of alkyl halides is 3. The standard InChI is InChI=1S/C25H21F3N6O3/c26-25(27,28)18-6-4-5-16(15-18)9-14-21(35)31-24(34-33-23(29)30)32-22(36)17-10-12-20(13-11-17)37-19-7-2-1-3-8-19/h1-15H,(H4,29,30,33)(H2,31,32,34,35,36). The van der Waals surface area contributed by atoms with Crippen LogP contribution in [0.25, 0.3) is 6.08 Å². The summed E-state index contributed by atoms with van der Waals surface area (Å²) in [7, 11) is 0. The predicted octanol–water partition coefficient (Wildman–Crippen LogP) is 3.60. The molecule has 37 heavy (non-hydrogen) atoms. The Balaban J connectivity index is 1.67. The molecule has 0 aliphatic carbocycles. The molecule has 0 radical (unpaired) electrons. The number of rotatable bonds is 6. The van der Waals surface area contributed by atoms with Crippen LogP contribution in [0.4, 0.5) is 13.2 Å². The summed E-state index contributed by atoms with van der Waals surface area (Å²) in [5.41, 5.74) is 9.98. The van der Waals surface area contributed by atoms with E-state index in [4.69, 9.17) is 16.2 Å². The lowest BCUT2D eigenvalue weighted by atomic mass is 10.1. The largest absolute Gasteiger partial charge is 0.457 e. The lowest BCUT2D eigenvalue weighted by Gasteiger charge is -2.09. The molecule has 0 fully saturated rings. The van der Waals surface area contributed by atoms with Crippen LogP contribution < -0.4 is 26.8 Å². The van der Waals surface area contributed by atoms with Gasteiger partial charge in [-0.3, -0.25) is 20.2 Å². The molecule has 0 atom stereocenters. The first kappa shape index (κ1) is 26.5. The van der Waals surface area contributed by atoms with Gasteiger partial charge < -0.3 is 16.2 Å². The number of nitrogens with two attached hydrogens (primary N) is 2. The highest BCUT2D eigenvalue weighted by Gasteiger charge is 2.30. The molecule has 0 bridgehead atoms. The van der Waals surface area contributed by atoms with Crippen LogP contribution in [0.1, 0.15) is 21.5 Å². The van der Waals surface area contributed by atoms with Crippen molar-refractivity contribution in [2.45, 2.75) is 6.18 Å². The molecule has 190 valence electrons. The molecule has 2 amide bonds. The first-order chi connectivity index (χ1) is 17.6. The summed E-state index contributed by atoms with van der Waals surface area (Å²) in [6.45, 7) is 0. The van der Waals surface area contributed by atoms with Crippen LogP contribution in [0, 0.1) is 0 Å². The van der Waals surface area contributed by atoms with Crippen molar-refractivity contribution in [3.8, 4) is 11.5 Å². The Bertz CT molecular complexity index is 1330. The summed E-state index contributed by atoms with van der Waals surface area (Å²) >= 11 is 0. The van der Waals surface area contributed by atoms with Crippen LogP contribution in [0.2, 0.25) is 0 Å². The van der Waals surface area contributed by atoms with E-state index in [1.807, 2.05) is 18.2 Å². The van der Waals surface area contributed by atoms with Crippen molar-refractivity contribution < 1.29 is 27.5 Å². The third-order valence-corrected chi connectivity index (χ3v) is 4.48. The van der Waals surface area contributed by atoms with Crippen molar-refractivity contribution in [1.29, 1.82) is 0 Å². The van der Waals surface area contributed by atoms with Gasteiger partial charge in [0.05, 0.1) is 5.56 Å². The molecule has 12 heteroatoms. The van der Waals surface area contributed by atoms with Gasteiger partial charge in [-0.05, 0) is 60.2 Å². The molecule has 0 spiro atoms. The minimum absolute atomic E-state index is 0.134. The summed E-state index contributed by atoms with van der Waals surface area (Å²) in [4.78, 5) is 25.0. The van der Waals surface area contributed by atoms with Gasteiger partial charge in [-0.2, -0.15) is 13.2 Å². The maximum atomic E-state index is 12.9. The Kier molecular flexibility index (Phi) is 8.60. The number of halogens is 3. The van der Waals surface area contributed by atoms with Crippen LogP contribution in [-0.2, 0) is 11.0 Å². The minimum atomic E-state index is -4.53. The number of carbonyl (C=O) groups is 2. The SMILES string of the molecule is NC(N)=NN=C(NC(=O)C=Cc1cccc(C(F)(F)F)c1)NC(=O)c1ccc(Oc2ccccc2)cc1. The second-order valence-corrected chi connectivity index (χ2v) is 7.31. The van der Waals surface area contributed by atoms with Crippen molar-refractivity contribution in [3.63, 3.8) is 0 Å². The van der Waals surface area contributed by atoms with Gasteiger partial charge in [-0.1, -0.05) is 30.3 Å². The van der Waals surface area contributed by atoms with Gasteiger partial charge in [0.1, 0.15) is 11.5 Å². The third kappa shape index (κ3) is 8.55. The smallest absolute Gasteiger partial charge is 0.416 e. The number of amides is 2. The Morgan fingerprint density at radius 3 is 2.16 bits per heavy atom. The molecule has 0 aliphatic rings. The van der Waals surface area contributed by atoms with Crippen molar-refractivity contribution in [1.82, 2.24) is 10.6 Å². The average Bonchev–Trinajstić information content (AvgIpc) is 2.86. The molecule has 0 unspecified atom stereocenters. The number of hydrogen-bond acceptors (Lipinski definition) is 5. The Morgan fingerprint density at radius 2 is 1.51 bits per heavy atom. The molecule has 0 saturated carbocycles. The molecule has 3 aromatic rings. The minimum Gasteiger partial charge on any atom is -0.457 e. The molecule has 0 saturated heterocycles. The van der Waals surface area contributed by atoms with Crippen LogP contribution in [0.15, 0.2) is 95.1 Å². The number of guanidine groups is 2. The van der Waals surface area contributed by atoms with Gasteiger partial charge in [0.25, 0.3) is 11.8 Å². The van der Waals surface area contributed by atoms with Crippen LogP contribution in [-0.4, -0.2) is 23.7 Å². The molecule has 6 N–H and O–H groups in total. The van der Waals surface area contributed by atoms with E-state index in [0.717, 1.165) is 24.3 Å². The lowest BCUT2D eigenvalue weighted by molar-refractivity contribution is -0.137. The Hall–Kier alpha value is -5.13. The molecule has 0 heterocycles. The first-order valence-corrected chi connectivity index (χ1v) is 10.6. The number of benzene rings is 3. The quantitative estimate of drug-likeness (QED) is 0.173. The predicted molar refractivity (Wildman–Crippen MR) is 132 cm³/mol. The molecular weight excluding hydrogens is 489 g/mol. The molecular formula is C25H21F3N6O3. The van der Waals surface area contributed by atoms with Crippen molar-refractivity contribution in [2.75, 3.05) is 0 Å². The van der Waals surface area contributed by atoms with E-state index in [0.29, 0.717) is 11.5 Å². The van der Waals surface area contributed by atoms with Crippen LogP contribution >= 0.6 is 0 Å². The number of nitrogens with zero attached hydrogens (tertiary/aromatic N) is 2. The fourth-order valence-corrected chi connectivity index (χ4v) is 2.82. The maximum Gasteiger partial charge on any atom is 0.416 e. The zero-order valence-electron chi connectivity index (χ0n) is 19.1. The van der Waals surface area contributed by atoms with Gasteiger partial charge in [0, 0.05) is 11.6 Å². The van der Waals surface area contributed by atoms with E-state index in [2.05, 4.69) is 20.8 Å². The molecule has 0 aliphatic heterocycles. The number of ether oxygens (including phenoxy) is 1. The van der Waals surface area contributed by atoms with E-state index in [-0.39, 0.29) is 11.1 Å². The van der Waals surface area contributed by atoms with Crippen molar-refractivity contribution >= 4 is 29.8 Å². The van der Waals surface area contributed by atoms with Crippen molar-refractivity contribution in [2.24, 2.45) is 21.7 Å². The summed E-state index contributed by atoms with van der Waals surface area (Å²) < 4.78 is 44.3. The highest BCUT2D eigenvalue weighted by atomic mass is 19.4. The third-order valence-electron chi connectivity index (χ3n) is 4.48. The molecule has 0 aromatic heterocycles. The highest BCUT2D eigenvalue weighted by Crippen LogP contribution is 2.29. The zero-order valence-corrected chi connectivity index (χ0v) is 19.1. The second kappa shape index (κ2) is 12.0. The van der Waals surface area contributed by atoms with Gasteiger partial charge in [0.15, 0.2) is 0 Å². The Labute approximate surface area is 209 Å². The number of hydrogen-bond donors (Lipinski definition) is 4. The van der Waals surface area contributed by atoms with E-state index in [9.17, 15) is 22.8 Å². The first-order valence-electron chi connectivity index (χ1n) is 10.6. The monoisotopic (exact) mass is 510 g/mol. The number of carbonyl (C=O) groups excluding carboxylic acids is 2. The molecule has 3 rings (SSSR count). The topological polar surface area (TPSA) is 144 Å². The van der Waals surface area contributed by atoms with E-state index in [1.54, 1.807) is 24.3 Å². The van der Waals surface area contributed by atoms with Gasteiger partial charge >= 0.3 is 6.18 Å². The highest BCUT2D eigenvalue weighted by molar-refractivity contribution is 6.12. The number of nitrogens with one attached hydrogen (secondary N) is 2. The van der Waals surface area contributed by atoms with Gasteiger partial charge in [-0.15, -0.1) is 10.2 Å². The van der Waals surface area contributed by atoms with Gasteiger partial charge in [0.2, 0.25) is 11.9 Å². The lowest BCUT2D eigenvalue weighted by Crippen LogP contribution is -2.43.